The fourth-order valence-corrected chi connectivity index (χ4v) is 2.63. The summed E-state index contributed by atoms with van der Waals surface area (Å²) in [6.45, 7) is 5.92. The summed E-state index contributed by atoms with van der Waals surface area (Å²) in [6.07, 6.45) is 10.4. The van der Waals surface area contributed by atoms with Crippen molar-refractivity contribution in [2.45, 2.75) is 45.6 Å². The van der Waals surface area contributed by atoms with E-state index in [0.717, 1.165) is 12.1 Å². The average molecular weight is 391 g/mol. The molecule has 1 amide bonds. The van der Waals surface area contributed by atoms with Crippen molar-refractivity contribution >= 4 is 5.91 Å². The molecule has 1 aliphatic rings. The van der Waals surface area contributed by atoms with Crippen molar-refractivity contribution < 1.29 is 43.0 Å². The van der Waals surface area contributed by atoms with E-state index < -0.39 is 10.2 Å². The second-order valence-corrected chi connectivity index (χ2v) is 6.78. The maximum absolute atomic E-state index is 12.4. The topological polar surface area (TPSA) is 126 Å². The summed E-state index contributed by atoms with van der Waals surface area (Å²) < 4.78 is 41.4. The molecule has 2 heterocycles. The van der Waals surface area contributed by atoms with Gasteiger partial charge in [-0.3, -0.25) is 4.79 Å². The van der Waals surface area contributed by atoms with Gasteiger partial charge in [-0.15, -0.1) is 10.2 Å². The van der Waals surface area contributed by atoms with Gasteiger partial charge < -0.3 is 9.64 Å². The highest BCUT2D eigenvalue weighted by Gasteiger charge is 2.20. The molecule has 0 aliphatic carbocycles. The molecule has 9 heteroatoms. The Kier molecular flexibility index (Phi) is 10.6. The lowest BCUT2D eigenvalue weighted by Gasteiger charge is -2.26. The molecule has 8 nitrogen and oxygen atoms in total. The molecule has 0 N–H and O–H groups in total. The number of carbonyl (C=O) groups is 1. The first-order valence-electron chi connectivity index (χ1n) is 8.79. The number of hydrogen-bond acceptors (Lipinski definition) is 6. The summed E-state index contributed by atoms with van der Waals surface area (Å²) in [6, 6.07) is 3.88. The van der Waals surface area contributed by atoms with Crippen molar-refractivity contribution in [1.29, 1.82) is 0 Å². The van der Waals surface area contributed by atoms with Crippen molar-refractivity contribution in [2.24, 2.45) is 0 Å². The summed E-state index contributed by atoms with van der Waals surface area (Å²) in [5, 5.41) is 0. The normalized spacial score (nSPS) is 14.6. The van der Waals surface area contributed by atoms with E-state index in [1.165, 1.54) is 32.1 Å². The second-order valence-electron chi connectivity index (χ2n) is 6.03. The SMILES string of the molecule is CCCCCCC[n+]1cccc(C(=O)N2CCOCC2)c1.[O-][Cl+3]([O-])([O-])[O-]. The van der Waals surface area contributed by atoms with Crippen LogP contribution in [0.25, 0.3) is 0 Å². The van der Waals surface area contributed by atoms with E-state index in [-0.39, 0.29) is 5.91 Å². The molecule has 0 unspecified atom stereocenters. The van der Waals surface area contributed by atoms with Gasteiger partial charge in [0.2, 0.25) is 0 Å². The van der Waals surface area contributed by atoms with Crippen LogP contribution in [0.15, 0.2) is 24.5 Å². The number of carbonyl (C=O) groups excluding carboxylic acids is 1. The van der Waals surface area contributed by atoms with E-state index in [2.05, 4.69) is 17.7 Å². The minimum atomic E-state index is -4.94. The van der Waals surface area contributed by atoms with E-state index in [4.69, 9.17) is 23.4 Å². The smallest absolute Gasteiger partial charge is 0.260 e. The Bertz CT molecular complexity index is 526. The summed E-state index contributed by atoms with van der Waals surface area (Å²) in [4.78, 5) is 14.3. The van der Waals surface area contributed by atoms with E-state index in [1.807, 2.05) is 23.2 Å². The molecule has 26 heavy (non-hydrogen) atoms. The van der Waals surface area contributed by atoms with Crippen molar-refractivity contribution in [1.82, 2.24) is 4.90 Å². The molecule has 2 rings (SSSR count). The number of unbranched alkanes of at least 4 members (excludes halogenated alkanes) is 4. The fraction of sp³-hybridized carbons (Fsp3) is 0.647. The molecule has 0 atom stereocenters. The zero-order valence-corrected chi connectivity index (χ0v) is 15.9. The Morgan fingerprint density at radius 2 is 1.77 bits per heavy atom. The predicted octanol–water partition coefficient (Wildman–Crippen LogP) is -2.34. The van der Waals surface area contributed by atoms with Crippen molar-refractivity contribution in [3.8, 4) is 0 Å². The Balaban J connectivity index is 0.000000597. The second kappa shape index (κ2) is 12.2. The summed E-state index contributed by atoms with van der Waals surface area (Å²) >= 11 is 0. The van der Waals surface area contributed by atoms with Crippen LogP contribution in [-0.2, 0) is 11.3 Å². The lowest BCUT2D eigenvalue weighted by Crippen LogP contribution is -2.68. The molecule has 1 aromatic heterocycles. The van der Waals surface area contributed by atoms with Crippen LogP contribution < -0.4 is 23.2 Å². The number of amides is 1. The first-order chi connectivity index (χ1) is 12.3. The third-order valence-electron chi connectivity index (χ3n) is 3.92. The fourth-order valence-electron chi connectivity index (χ4n) is 2.63. The largest absolute Gasteiger partial charge is 0.378 e. The monoisotopic (exact) mass is 390 g/mol. The molecule has 1 fully saturated rings. The molecule has 0 saturated carbocycles. The van der Waals surface area contributed by atoms with Crippen LogP contribution >= 0.6 is 0 Å². The maximum atomic E-state index is 12.4. The van der Waals surface area contributed by atoms with Gasteiger partial charge in [0, 0.05) is 25.6 Å². The van der Waals surface area contributed by atoms with Gasteiger partial charge in [0.15, 0.2) is 12.4 Å². The van der Waals surface area contributed by atoms with E-state index in [0.29, 0.717) is 26.3 Å². The molecular weight excluding hydrogens is 364 g/mol. The minimum Gasteiger partial charge on any atom is -0.378 e. The molecule has 1 aliphatic heterocycles. The molecule has 0 bridgehead atoms. The highest BCUT2D eigenvalue weighted by Crippen LogP contribution is 2.06. The van der Waals surface area contributed by atoms with Gasteiger partial charge in [-0.05, 0) is 12.5 Å². The van der Waals surface area contributed by atoms with Crippen LogP contribution in [0.3, 0.4) is 0 Å². The molecule has 0 radical (unpaired) electrons. The van der Waals surface area contributed by atoms with Crippen LogP contribution in [-0.4, -0.2) is 37.1 Å². The molecule has 1 aromatic rings. The molecule has 148 valence electrons. The van der Waals surface area contributed by atoms with Crippen LogP contribution in [0, 0.1) is 10.2 Å². The Hall–Kier alpha value is -1.29. The van der Waals surface area contributed by atoms with Crippen LogP contribution in [0.1, 0.15) is 49.4 Å². The van der Waals surface area contributed by atoms with Gasteiger partial charge in [-0.1, -0.05) is 26.2 Å². The van der Waals surface area contributed by atoms with E-state index >= 15 is 0 Å². The lowest BCUT2D eigenvalue weighted by atomic mass is 10.1. The van der Waals surface area contributed by atoms with Crippen molar-refractivity contribution in [3.05, 3.63) is 30.1 Å². The number of ether oxygens (including phenoxy) is 1. The highest BCUT2D eigenvalue weighted by atomic mass is 35.7. The van der Waals surface area contributed by atoms with E-state index in [9.17, 15) is 4.79 Å². The van der Waals surface area contributed by atoms with Gasteiger partial charge in [-0.25, -0.2) is 23.2 Å². The van der Waals surface area contributed by atoms with Crippen molar-refractivity contribution in [3.63, 3.8) is 0 Å². The first kappa shape index (κ1) is 22.8. The third kappa shape index (κ3) is 10.6. The Morgan fingerprint density at radius 1 is 1.15 bits per heavy atom. The molecule has 1 saturated heterocycles. The van der Waals surface area contributed by atoms with Crippen LogP contribution in [0.2, 0.25) is 0 Å². The number of rotatable bonds is 7. The van der Waals surface area contributed by atoms with Gasteiger partial charge in [-0.2, -0.15) is 0 Å². The van der Waals surface area contributed by atoms with Gasteiger partial charge >= 0.3 is 0 Å². The maximum Gasteiger partial charge on any atom is 0.260 e. The number of morpholine rings is 1. The number of aromatic nitrogens is 1. The minimum absolute atomic E-state index is 0.124. The highest BCUT2D eigenvalue weighted by molar-refractivity contribution is 5.93. The summed E-state index contributed by atoms with van der Waals surface area (Å²) in [7, 11) is -4.94. The molecular formula is C17H27ClN2O6. The predicted molar refractivity (Wildman–Crippen MR) is 82.1 cm³/mol. The summed E-state index contributed by atoms with van der Waals surface area (Å²) in [5.41, 5.74) is 0.785. The quantitative estimate of drug-likeness (QED) is 0.379. The van der Waals surface area contributed by atoms with Gasteiger partial charge in [0.25, 0.3) is 5.91 Å². The average Bonchev–Trinajstić information content (AvgIpc) is 2.60. The zero-order valence-electron chi connectivity index (χ0n) is 15.1. The Labute approximate surface area is 156 Å². The standard InChI is InChI=1S/C17H27N2O2.ClHO4/c1-2-3-4-5-6-9-18-10-7-8-16(15-18)17(20)19-11-13-21-14-12-19;2-1(3,4)5/h7-8,10,15H,2-6,9,11-14H2,1H3;(H,2,3,4,5)/q+1;/p-1. The first-order valence-corrected chi connectivity index (χ1v) is 10.0. The van der Waals surface area contributed by atoms with E-state index in [1.54, 1.807) is 0 Å². The lowest BCUT2D eigenvalue weighted by molar-refractivity contribution is -2.00. The van der Waals surface area contributed by atoms with Crippen LogP contribution in [0.5, 0.6) is 0 Å². The van der Waals surface area contributed by atoms with Gasteiger partial charge in [0.1, 0.15) is 12.1 Å². The number of hydrogen-bond donors (Lipinski definition) is 0. The number of nitrogens with zero attached hydrogens (tertiary/aromatic N) is 2. The summed E-state index contributed by atoms with van der Waals surface area (Å²) in [5.74, 6) is 0.124. The number of aryl methyl sites for hydroxylation is 1. The molecule has 0 aromatic carbocycles. The number of pyridine rings is 1. The van der Waals surface area contributed by atoms with Crippen molar-refractivity contribution in [2.75, 3.05) is 26.3 Å². The van der Waals surface area contributed by atoms with Crippen LogP contribution in [0.4, 0.5) is 0 Å². The van der Waals surface area contributed by atoms with Gasteiger partial charge in [0.05, 0.1) is 13.2 Å². The number of halogens is 1. The third-order valence-corrected chi connectivity index (χ3v) is 3.92. The molecule has 0 spiro atoms. The zero-order chi connectivity index (χ0) is 19.4. The Morgan fingerprint density at radius 3 is 2.38 bits per heavy atom.